The first-order valence-electron chi connectivity index (χ1n) is 10.6. The van der Waals surface area contributed by atoms with Crippen LogP contribution in [0.15, 0.2) is 48.8 Å². The molecule has 12 rings (SSSR count). The van der Waals surface area contributed by atoms with E-state index in [1.54, 1.807) is 12.4 Å². The number of rotatable bonds is 4. The predicted octanol–water partition coefficient (Wildman–Crippen LogP) is 4.75. The quantitative estimate of drug-likeness (QED) is 0.538. The SMILES string of the molecule is CN(C(=O)[C]12[CH]3[CH]4[CH]5[CH]1[Fe]45321678[CH]2[CH]1[CH]6[CH]7[CH]28)N(c1ccccn1)c1ccccn1. The Balaban J connectivity index is 1.10. The fourth-order valence-corrected chi connectivity index (χ4v) is 92.2. The number of aromatic nitrogens is 2. The van der Waals surface area contributed by atoms with E-state index in [2.05, 4.69) is 9.97 Å². The third-order valence-electron chi connectivity index (χ3n) is 17.3. The van der Waals surface area contributed by atoms with Crippen LogP contribution < -0.4 is 5.01 Å². The molecule has 0 aromatic carbocycles. The molecule has 0 radical (unpaired) electrons. The number of carbonyl (C=O) groups is 1. The number of hydrogen-bond donors (Lipinski definition) is 0. The van der Waals surface area contributed by atoms with E-state index in [4.69, 9.17) is 0 Å². The second-order valence-corrected chi connectivity index (χ2v) is 36.8. The first-order chi connectivity index (χ1) is 13.5. The number of hydrazine groups is 1. The molecule has 10 aliphatic heterocycles. The molecule has 142 valence electrons. The monoisotopic (exact) mass is 412 g/mol. The van der Waals surface area contributed by atoms with Crippen molar-refractivity contribution >= 4 is 17.5 Å². The summed E-state index contributed by atoms with van der Waals surface area (Å²) in [7, 11) is 1.98. The Morgan fingerprint density at radius 3 is 1.68 bits per heavy atom. The molecule has 0 aliphatic carbocycles. The number of pyridine rings is 2. The van der Waals surface area contributed by atoms with Crippen LogP contribution in [0, 0.1) is 0 Å². The van der Waals surface area contributed by atoms with Crippen LogP contribution in [-0.4, -0.2) is 27.9 Å². The number of fused-ring (bicyclic) bond motifs is 10. The van der Waals surface area contributed by atoms with Crippen LogP contribution in [0.1, 0.15) is 0 Å². The maximum atomic E-state index is 14.4. The van der Waals surface area contributed by atoms with Gasteiger partial charge >= 0.3 is 152 Å². The molecule has 0 bridgehead atoms. The summed E-state index contributed by atoms with van der Waals surface area (Å²) >= 11 is 0. The number of amides is 1. The second-order valence-electron chi connectivity index (χ2n) is 13.2. The van der Waals surface area contributed by atoms with E-state index in [1.165, 1.54) is 0 Å². The first kappa shape index (κ1) is 11.9. The van der Waals surface area contributed by atoms with Crippen molar-refractivity contribution in [2.45, 2.75) is 47.7 Å². The van der Waals surface area contributed by atoms with Crippen molar-refractivity contribution in [3.8, 4) is 0 Å². The van der Waals surface area contributed by atoms with Gasteiger partial charge in [-0.05, 0) is 0 Å². The third kappa shape index (κ3) is 0.207. The number of anilines is 2. The van der Waals surface area contributed by atoms with Crippen molar-refractivity contribution in [2.24, 2.45) is 0 Å². The summed E-state index contributed by atoms with van der Waals surface area (Å²) in [5.74, 6) is 2.03. The molecule has 1 spiro atoms. The fraction of sp³-hybridized carbons (Fsp3) is 0.500. The normalized spacial score (nSPS) is 76.4. The Morgan fingerprint density at radius 1 is 0.857 bits per heavy atom. The van der Waals surface area contributed by atoms with E-state index in [1.807, 2.05) is 53.5 Å². The van der Waals surface area contributed by atoms with Crippen molar-refractivity contribution in [3.63, 3.8) is 0 Å². The summed E-state index contributed by atoms with van der Waals surface area (Å²) in [4.78, 5) is 33.5. The molecule has 10 saturated heterocycles. The van der Waals surface area contributed by atoms with E-state index in [0.29, 0.717) is 5.91 Å². The van der Waals surface area contributed by atoms with Crippen molar-refractivity contribution in [1.82, 2.24) is 15.0 Å². The van der Waals surface area contributed by atoms with Gasteiger partial charge in [0.25, 0.3) is 0 Å². The molecule has 12 heterocycles. The van der Waals surface area contributed by atoms with E-state index in [-0.39, 0.29) is 4.31 Å². The van der Waals surface area contributed by atoms with Crippen LogP contribution >= 0.6 is 0 Å². The minimum absolute atomic E-state index is 0.204. The molecule has 28 heavy (non-hydrogen) atoms. The Hall–Kier alpha value is -1.91. The van der Waals surface area contributed by atoms with Gasteiger partial charge in [-0.15, -0.1) is 0 Å². The molecule has 1 amide bonds. The molecule has 10 fully saturated rings. The van der Waals surface area contributed by atoms with Crippen LogP contribution in [-0.2, 0) is 11.3 Å². The third-order valence-corrected chi connectivity index (χ3v) is 59.6. The molecule has 2 aromatic rings. The zero-order valence-electron chi connectivity index (χ0n) is 15.4. The molecular formula is C22H20FeN4O. The van der Waals surface area contributed by atoms with Gasteiger partial charge in [-0.2, -0.15) is 0 Å². The molecular weight excluding hydrogens is 392 g/mol. The van der Waals surface area contributed by atoms with Crippen LogP contribution in [0.3, 0.4) is 0 Å². The maximum absolute atomic E-state index is 14.4. The summed E-state index contributed by atoms with van der Waals surface area (Å²) < 4.78 is 0.204. The average molecular weight is 412 g/mol. The fourth-order valence-electron chi connectivity index (χ4n) is 18.5. The number of carbonyl (C=O) groups excluding carboxylic acids is 1. The minimum atomic E-state index is -3.48. The van der Waals surface area contributed by atoms with Gasteiger partial charge in [0.1, 0.15) is 0 Å². The van der Waals surface area contributed by atoms with Gasteiger partial charge < -0.3 is 0 Å². The standard InChI is InChI=1S/C17H15N4O.C5H5.Fe/c1-20(17(22)14-8-2-3-9-14)21(15-10-4-6-12-18-15)16-11-5-7-13-19-16;1-2-4-5-3-1;/h2-13H,1H3;1-5H;. The van der Waals surface area contributed by atoms with Gasteiger partial charge in [-0.3, -0.25) is 0 Å². The molecule has 0 saturated carbocycles. The molecule has 4 unspecified atom stereocenters. The number of hydrogen-bond acceptors (Lipinski definition) is 4. The topological polar surface area (TPSA) is 49.3 Å². The Kier molecular flexibility index (Phi) is 0.607. The Labute approximate surface area is 152 Å². The van der Waals surface area contributed by atoms with Crippen LogP contribution in [0.25, 0.3) is 0 Å². The van der Waals surface area contributed by atoms with Crippen molar-refractivity contribution < 1.29 is 11.3 Å². The Morgan fingerprint density at radius 2 is 1.36 bits per heavy atom. The van der Waals surface area contributed by atoms with Gasteiger partial charge in [-0.25, -0.2) is 0 Å². The van der Waals surface area contributed by atoms with Gasteiger partial charge in [-0.1, -0.05) is 0 Å². The molecule has 2 aromatic heterocycles. The molecule has 6 heteroatoms. The van der Waals surface area contributed by atoms with Gasteiger partial charge in [0.15, 0.2) is 0 Å². The van der Waals surface area contributed by atoms with Crippen LogP contribution in [0.2, 0.25) is 47.7 Å². The predicted molar refractivity (Wildman–Crippen MR) is 99.8 cm³/mol. The van der Waals surface area contributed by atoms with E-state index < -0.39 is 6.51 Å². The summed E-state index contributed by atoms with van der Waals surface area (Å²) in [5, 5.41) is 3.90. The van der Waals surface area contributed by atoms with Crippen molar-refractivity contribution in [2.75, 3.05) is 12.1 Å². The molecule has 4 atom stereocenters. The first-order valence-corrected chi connectivity index (χ1v) is 16.9. The van der Waals surface area contributed by atoms with Gasteiger partial charge in [0.05, 0.1) is 0 Å². The van der Waals surface area contributed by atoms with Gasteiger partial charge in [0.2, 0.25) is 0 Å². The summed E-state index contributed by atoms with van der Waals surface area (Å²) in [6, 6.07) is 11.8. The van der Waals surface area contributed by atoms with Crippen molar-refractivity contribution in [1.29, 1.82) is 0 Å². The van der Waals surface area contributed by atoms with Crippen molar-refractivity contribution in [3.05, 3.63) is 48.8 Å². The van der Waals surface area contributed by atoms with E-state index in [0.717, 1.165) is 55.0 Å². The summed E-state index contributed by atoms with van der Waals surface area (Å²) in [6.45, 7) is -3.48. The summed E-state index contributed by atoms with van der Waals surface area (Å²) in [5.41, 5.74) is 0. The van der Waals surface area contributed by atoms with Gasteiger partial charge in [0, 0.05) is 0 Å². The number of nitrogens with zero attached hydrogens (tertiary/aromatic N) is 4. The van der Waals surface area contributed by atoms with Crippen LogP contribution in [0.4, 0.5) is 11.6 Å². The van der Waals surface area contributed by atoms with Crippen LogP contribution in [0.5, 0.6) is 0 Å². The second kappa shape index (κ2) is 1.42. The molecule has 10 aliphatic rings. The molecule has 0 N–H and O–H groups in total. The van der Waals surface area contributed by atoms with E-state index >= 15 is 0 Å². The zero-order chi connectivity index (χ0) is 18.0. The summed E-state index contributed by atoms with van der Waals surface area (Å²) in [6.07, 6.45) is 3.60. The zero-order valence-corrected chi connectivity index (χ0v) is 16.5. The van der Waals surface area contributed by atoms with E-state index in [9.17, 15) is 4.79 Å². The molecule has 5 nitrogen and oxygen atoms in total. The average Bonchev–Trinajstić information content (AvgIpc) is 3.68. The Bertz CT molecular complexity index is 1480.